The summed E-state index contributed by atoms with van der Waals surface area (Å²) in [7, 11) is 1.43. The van der Waals surface area contributed by atoms with Crippen LogP contribution in [-0.4, -0.2) is 24.0 Å². The number of carboxylic acids is 1. The largest absolute Gasteiger partial charge is 0.497 e. The molecular weight excluding hydrogens is 296 g/mol. The van der Waals surface area contributed by atoms with E-state index in [0.29, 0.717) is 5.75 Å². The molecule has 23 heavy (non-hydrogen) atoms. The van der Waals surface area contributed by atoms with Crippen molar-refractivity contribution in [2.24, 2.45) is 5.92 Å². The summed E-state index contributed by atoms with van der Waals surface area (Å²) in [6.45, 7) is 1.78. The average Bonchev–Trinajstić information content (AvgIpc) is 2.57. The molecule has 2 atom stereocenters. The summed E-state index contributed by atoms with van der Waals surface area (Å²) in [4.78, 5) is 24.2. The molecule has 0 radical (unpaired) electrons. The number of methoxy groups -OCH3 is 1. The summed E-state index contributed by atoms with van der Waals surface area (Å²) in [5.41, 5.74) is 1.02. The van der Waals surface area contributed by atoms with Crippen molar-refractivity contribution in [3.63, 3.8) is 0 Å². The van der Waals surface area contributed by atoms with Crippen LogP contribution in [0.3, 0.4) is 0 Å². The lowest BCUT2D eigenvalue weighted by molar-refractivity contribution is 0.0642. The predicted octanol–water partition coefficient (Wildman–Crippen LogP) is 3.35. The van der Waals surface area contributed by atoms with E-state index < -0.39 is 18.0 Å². The molecule has 0 aliphatic carbocycles. The van der Waals surface area contributed by atoms with Crippen molar-refractivity contribution in [1.29, 1.82) is 0 Å². The van der Waals surface area contributed by atoms with Gasteiger partial charge in [0.05, 0.1) is 18.6 Å². The van der Waals surface area contributed by atoms with Gasteiger partial charge in [0, 0.05) is 0 Å². The molecule has 3 rings (SSSR count). The molecule has 1 N–H and O–H groups in total. The standard InChI is InChI=1S/C18H16O5/c1-10-15(19)13-8-12(22-2)9-14(18(20)21)17(13)23-16(10)11-6-4-3-5-7-11/h3-10,16H,1-2H3,(H,20,21)/t10-,16-/m1/s1. The SMILES string of the molecule is COc1cc(C(=O)O)c2c(c1)C(=O)[C@@H](C)[C@H](c1ccccc1)O2. The van der Waals surface area contributed by atoms with Crippen molar-refractivity contribution in [1.82, 2.24) is 0 Å². The number of benzene rings is 2. The average molecular weight is 312 g/mol. The van der Waals surface area contributed by atoms with Crippen LogP contribution in [0, 0.1) is 5.92 Å². The lowest BCUT2D eigenvalue weighted by atomic mass is 9.86. The molecule has 118 valence electrons. The Balaban J connectivity index is 2.15. The quantitative estimate of drug-likeness (QED) is 0.941. The third kappa shape index (κ3) is 2.54. The third-order valence-corrected chi connectivity index (χ3v) is 4.03. The third-order valence-electron chi connectivity index (χ3n) is 4.03. The first-order chi connectivity index (χ1) is 11.0. The molecule has 0 spiro atoms. The second kappa shape index (κ2) is 5.76. The van der Waals surface area contributed by atoms with Crippen molar-refractivity contribution in [2.75, 3.05) is 7.11 Å². The second-order valence-corrected chi connectivity index (χ2v) is 5.46. The molecule has 0 bridgehead atoms. The predicted molar refractivity (Wildman–Crippen MR) is 83.3 cm³/mol. The van der Waals surface area contributed by atoms with Gasteiger partial charge in [0.1, 0.15) is 23.2 Å². The smallest absolute Gasteiger partial charge is 0.339 e. The summed E-state index contributed by atoms with van der Waals surface area (Å²) in [5.74, 6) is -1.30. The highest BCUT2D eigenvalue weighted by Gasteiger charge is 2.37. The summed E-state index contributed by atoms with van der Waals surface area (Å²) >= 11 is 0. The van der Waals surface area contributed by atoms with Crippen LogP contribution in [0.4, 0.5) is 0 Å². The first kappa shape index (κ1) is 15.1. The van der Waals surface area contributed by atoms with E-state index in [9.17, 15) is 14.7 Å². The minimum Gasteiger partial charge on any atom is -0.497 e. The van der Waals surface area contributed by atoms with Crippen molar-refractivity contribution in [3.8, 4) is 11.5 Å². The number of carbonyl (C=O) groups excluding carboxylic acids is 1. The molecular formula is C18H16O5. The molecule has 2 aromatic carbocycles. The molecule has 5 heteroatoms. The molecule has 1 heterocycles. The molecule has 0 aromatic heterocycles. The van der Waals surface area contributed by atoms with Crippen molar-refractivity contribution in [2.45, 2.75) is 13.0 Å². The van der Waals surface area contributed by atoms with Gasteiger partial charge in [-0.25, -0.2) is 4.79 Å². The molecule has 0 amide bonds. The first-order valence-electron chi connectivity index (χ1n) is 7.24. The summed E-state index contributed by atoms with van der Waals surface area (Å²) in [6.07, 6.45) is -0.511. The van der Waals surface area contributed by atoms with Gasteiger partial charge in [-0.05, 0) is 17.7 Å². The second-order valence-electron chi connectivity index (χ2n) is 5.46. The van der Waals surface area contributed by atoms with Gasteiger partial charge in [0.15, 0.2) is 5.78 Å². The topological polar surface area (TPSA) is 72.8 Å². The van der Waals surface area contributed by atoms with Crippen molar-refractivity contribution < 1.29 is 24.2 Å². The number of carbonyl (C=O) groups is 2. The van der Waals surface area contributed by atoms with E-state index in [4.69, 9.17) is 9.47 Å². The fourth-order valence-electron chi connectivity index (χ4n) is 2.80. The Labute approximate surface area is 133 Å². The molecule has 0 saturated heterocycles. The summed E-state index contributed by atoms with van der Waals surface area (Å²) in [5, 5.41) is 9.42. The van der Waals surface area contributed by atoms with Gasteiger partial charge in [0.25, 0.3) is 0 Å². The molecule has 0 unspecified atom stereocenters. The van der Waals surface area contributed by atoms with Gasteiger partial charge >= 0.3 is 5.97 Å². The number of hydrogen-bond donors (Lipinski definition) is 1. The first-order valence-corrected chi connectivity index (χ1v) is 7.24. The maximum atomic E-state index is 12.7. The van der Waals surface area contributed by atoms with Crippen LogP contribution in [-0.2, 0) is 0 Å². The van der Waals surface area contributed by atoms with Gasteiger partial charge < -0.3 is 14.6 Å². The van der Waals surface area contributed by atoms with Gasteiger partial charge in [-0.1, -0.05) is 37.3 Å². The number of hydrogen-bond acceptors (Lipinski definition) is 4. The Bertz CT molecular complexity index is 766. The molecule has 5 nitrogen and oxygen atoms in total. The van der Waals surface area contributed by atoms with Crippen LogP contribution >= 0.6 is 0 Å². The van der Waals surface area contributed by atoms with Crippen LogP contribution in [0.2, 0.25) is 0 Å². The van der Waals surface area contributed by atoms with Gasteiger partial charge in [-0.3, -0.25) is 4.79 Å². The van der Waals surface area contributed by atoms with Crippen molar-refractivity contribution in [3.05, 3.63) is 59.2 Å². The van der Waals surface area contributed by atoms with Crippen LogP contribution < -0.4 is 9.47 Å². The zero-order chi connectivity index (χ0) is 16.6. The number of aromatic carboxylic acids is 1. The van der Waals surface area contributed by atoms with Crippen LogP contribution in [0.5, 0.6) is 11.5 Å². The zero-order valence-corrected chi connectivity index (χ0v) is 12.8. The fraction of sp³-hybridized carbons (Fsp3) is 0.222. The minimum absolute atomic E-state index is 0.0690. The number of Topliss-reactive ketones (excluding diaryl/α,β-unsaturated/α-hetero) is 1. The maximum Gasteiger partial charge on any atom is 0.339 e. The van der Waals surface area contributed by atoms with Gasteiger partial charge in [-0.2, -0.15) is 0 Å². The van der Waals surface area contributed by atoms with E-state index in [1.807, 2.05) is 30.3 Å². The Morgan fingerprint density at radius 1 is 1.22 bits per heavy atom. The van der Waals surface area contributed by atoms with Gasteiger partial charge in [-0.15, -0.1) is 0 Å². The van der Waals surface area contributed by atoms with E-state index in [0.717, 1.165) is 5.56 Å². The summed E-state index contributed by atoms with van der Waals surface area (Å²) in [6, 6.07) is 12.2. The Hall–Kier alpha value is -2.82. The molecule has 1 aliphatic rings. The highest BCUT2D eigenvalue weighted by molar-refractivity contribution is 6.05. The Morgan fingerprint density at radius 3 is 2.52 bits per heavy atom. The monoisotopic (exact) mass is 312 g/mol. The summed E-state index contributed by atoms with van der Waals surface area (Å²) < 4.78 is 11.0. The highest BCUT2D eigenvalue weighted by Crippen LogP contribution is 2.42. The Morgan fingerprint density at radius 2 is 1.91 bits per heavy atom. The minimum atomic E-state index is -1.16. The fourth-order valence-corrected chi connectivity index (χ4v) is 2.80. The van der Waals surface area contributed by atoms with Gasteiger partial charge in [0.2, 0.25) is 0 Å². The number of rotatable bonds is 3. The van der Waals surface area contributed by atoms with E-state index in [-0.39, 0.29) is 22.7 Å². The van der Waals surface area contributed by atoms with Crippen molar-refractivity contribution >= 4 is 11.8 Å². The van der Waals surface area contributed by atoms with Crippen LogP contribution in [0.1, 0.15) is 39.3 Å². The molecule has 2 aromatic rings. The maximum absolute atomic E-state index is 12.7. The number of ketones is 1. The molecule has 1 aliphatic heterocycles. The normalized spacial score (nSPS) is 19.7. The van der Waals surface area contributed by atoms with E-state index >= 15 is 0 Å². The Kier molecular flexibility index (Phi) is 3.78. The molecule has 0 saturated carbocycles. The van der Waals surface area contributed by atoms with Crippen LogP contribution in [0.25, 0.3) is 0 Å². The zero-order valence-electron chi connectivity index (χ0n) is 12.8. The van der Waals surface area contributed by atoms with Crippen LogP contribution in [0.15, 0.2) is 42.5 Å². The number of fused-ring (bicyclic) bond motifs is 1. The van der Waals surface area contributed by atoms with E-state index in [1.165, 1.54) is 19.2 Å². The number of carboxylic acid groups (broad SMARTS) is 1. The molecule has 0 fully saturated rings. The number of ether oxygens (including phenoxy) is 2. The highest BCUT2D eigenvalue weighted by atomic mass is 16.5. The lowest BCUT2D eigenvalue weighted by Crippen LogP contribution is -2.30. The van der Waals surface area contributed by atoms with E-state index in [1.54, 1.807) is 6.92 Å². The van der Waals surface area contributed by atoms with E-state index in [2.05, 4.69) is 0 Å². The lowest BCUT2D eigenvalue weighted by Gasteiger charge is -2.31.